The zero-order valence-corrected chi connectivity index (χ0v) is 22.6. The van der Waals surface area contributed by atoms with Crippen molar-refractivity contribution in [3.8, 4) is 11.1 Å². The highest BCUT2D eigenvalue weighted by molar-refractivity contribution is 5.89. The summed E-state index contributed by atoms with van der Waals surface area (Å²) in [5.74, 6) is -1.37. The average Bonchev–Trinajstić information content (AvgIpc) is 3.74. The second-order valence-corrected chi connectivity index (χ2v) is 10.7. The molecule has 0 bridgehead atoms. The Kier molecular flexibility index (Phi) is 8.45. The Balaban J connectivity index is 1.18. The summed E-state index contributed by atoms with van der Waals surface area (Å²) in [5, 5.41) is 14.8. The van der Waals surface area contributed by atoms with Crippen molar-refractivity contribution in [1.82, 2.24) is 15.5 Å². The zero-order valence-electron chi connectivity index (χ0n) is 22.6. The van der Waals surface area contributed by atoms with Crippen LogP contribution >= 0.6 is 0 Å². The quantitative estimate of drug-likeness (QED) is 0.314. The Morgan fingerprint density at radius 1 is 0.925 bits per heavy atom. The van der Waals surface area contributed by atoms with Gasteiger partial charge in [-0.1, -0.05) is 78.9 Å². The minimum absolute atomic E-state index is 0.0787. The standard InChI is InChI=1S/C32H35N3O5/c1-35(19-21-9-3-2-4-10-21)29(22-15-16-22)18-33-31(38)28(17-30(36)37)34-32(39)40-20-27-25-13-7-5-11-23(25)24-12-6-8-14-26(24)27/h2-14,22,27-29H,15-20H2,1H3,(H,33,38)(H,34,39)(H,36,37). The third-order valence-electron chi connectivity index (χ3n) is 7.82. The first-order valence-electron chi connectivity index (χ1n) is 13.8. The van der Waals surface area contributed by atoms with Crippen LogP contribution in [0.5, 0.6) is 0 Å². The van der Waals surface area contributed by atoms with E-state index in [1.807, 2.05) is 73.8 Å². The largest absolute Gasteiger partial charge is 0.481 e. The van der Waals surface area contributed by atoms with Gasteiger partial charge in [-0.15, -0.1) is 0 Å². The van der Waals surface area contributed by atoms with Crippen molar-refractivity contribution in [3.05, 3.63) is 95.6 Å². The Morgan fingerprint density at radius 3 is 2.12 bits per heavy atom. The normalized spacial score (nSPS) is 15.6. The van der Waals surface area contributed by atoms with Crippen LogP contribution < -0.4 is 10.6 Å². The Hall–Kier alpha value is -4.17. The molecular formula is C32H35N3O5. The van der Waals surface area contributed by atoms with E-state index in [1.165, 1.54) is 5.56 Å². The number of aliphatic carboxylic acids is 1. The first-order valence-corrected chi connectivity index (χ1v) is 13.8. The van der Waals surface area contributed by atoms with Gasteiger partial charge in [0.1, 0.15) is 12.6 Å². The number of nitrogens with zero attached hydrogens (tertiary/aromatic N) is 1. The van der Waals surface area contributed by atoms with E-state index in [0.29, 0.717) is 12.5 Å². The van der Waals surface area contributed by atoms with E-state index in [0.717, 1.165) is 41.6 Å². The lowest BCUT2D eigenvalue weighted by molar-refractivity contribution is -0.139. The van der Waals surface area contributed by atoms with Gasteiger partial charge in [0.25, 0.3) is 0 Å². The van der Waals surface area contributed by atoms with Crippen LogP contribution in [0, 0.1) is 5.92 Å². The Morgan fingerprint density at radius 2 is 1.52 bits per heavy atom. The summed E-state index contributed by atoms with van der Waals surface area (Å²) in [6.45, 7) is 1.19. The molecule has 1 fully saturated rings. The second-order valence-electron chi connectivity index (χ2n) is 10.7. The molecule has 2 unspecified atom stereocenters. The molecule has 0 spiro atoms. The number of carboxylic acids is 1. The predicted octanol–water partition coefficient (Wildman–Crippen LogP) is 4.40. The lowest BCUT2D eigenvalue weighted by Crippen LogP contribution is -2.51. The van der Waals surface area contributed by atoms with Gasteiger partial charge < -0.3 is 20.5 Å². The molecule has 2 aliphatic rings. The van der Waals surface area contributed by atoms with E-state index in [4.69, 9.17) is 4.74 Å². The van der Waals surface area contributed by atoms with E-state index in [9.17, 15) is 19.5 Å². The number of carbonyl (C=O) groups excluding carboxylic acids is 2. The van der Waals surface area contributed by atoms with Gasteiger partial charge in [-0.05, 0) is 53.6 Å². The van der Waals surface area contributed by atoms with Crippen LogP contribution in [0.1, 0.15) is 41.9 Å². The fraction of sp³-hybridized carbons (Fsp3) is 0.344. The molecule has 40 heavy (non-hydrogen) atoms. The summed E-state index contributed by atoms with van der Waals surface area (Å²) >= 11 is 0. The van der Waals surface area contributed by atoms with Crippen molar-refractivity contribution in [2.75, 3.05) is 20.2 Å². The predicted molar refractivity (Wildman–Crippen MR) is 152 cm³/mol. The summed E-state index contributed by atoms with van der Waals surface area (Å²) in [4.78, 5) is 39.6. The molecular weight excluding hydrogens is 506 g/mol. The molecule has 3 aromatic carbocycles. The third kappa shape index (κ3) is 6.51. The lowest BCUT2D eigenvalue weighted by Gasteiger charge is -2.29. The second kappa shape index (κ2) is 12.3. The van der Waals surface area contributed by atoms with Crippen LogP contribution in [-0.2, 0) is 20.9 Å². The molecule has 0 radical (unpaired) electrons. The van der Waals surface area contributed by atoms with Crippen LogP contribution in [0.15, 0.2) is 78.9 Å². The number of ether oxygens (including phenoxy) is 1. The molecule has 208 valence electrons. The third-order valence-corrected chi connectivity index (χ3v) is 7.82. The van der Waals surface area contributed by atoms with E-state index >= 15 is 0 Å². The average molecular weight is 542 g/mol. The van der Waals surface area contributed by atoms with Gasteiger partial charge in [0.05, 0.1) is 6.42 Å². The van der Waals surface area contributed by atoms with Crippen molar-refractivity contribution in [1.29, 1.82) is 0 Å². The smallest absolute Gasteiger partial charge is 0.407 e. The summed E-state index contributed by atoms with van der Waals surface area (Å²) in [7, 11) is 2.03. The maximum atomic E-state index is 13.1. The molecule has 1 saturated carbocycles. The fourth-order valence-corrected chi connectivity index (χ4v) is 5.65. The number of amides is 2. The zero-order chi connectivity index (χ0) is 28.1. The van der Waals surface area contributed by atoms with Crippen LogP contribution in [0.25, 0.3) is 11.1 Å². The van der Waals surface area contributed by atoms with Crippen molar-refractivity contribution in [3.63, 3.8) is 0 Å². The SMILES string of the molecule is CN(Cc1ccccc1)C(CNC(=O)C(CC(=O)O)NC(=O)OCC1c2ccccc2-c2ccccc21)C1CC1. The number of hydrogen-bond donors (Lipinski definition) is 3. The topological polar surface area (TPSA) is 108 Å². The van der Waals surface area contributed by atoms with Crippen molar-refractivity contribution >= 4 is 18.0 Å². The Labute approximate surface area is 234 Å². The van der Waals surface area contributed by atoms with Gasteiger partial charge in [-0.2, -0.15) is 0 Å². The number of fused-ring (bicyclic) bond motifs is 3. The van der Waals surface area contributed by atoms with Crippen molar-refractivity contribution in [2.24, 2.45) is 5.92 Å². The maximum Gasteiger partial charge on any atom is 0.407 e. The lowest BCUT2D eigenvalue weighted by atomic mass is 9.98. The Bertz CT molecular complexity index is 1310. The molecule has 2 amide bonds. The monoisotopic (exact) mass is 541 g/mol. The highest BCUT2D eigenvalue weighted by atomic mass is 16.5. The summed E-state index contributed by atoms with van der Waals surface area (Å²) < 4.78 is 5.55. The highest BCUT2D eigenvalue weighted by Gasteiger charge is 2.35. The van der Waals surface area contributed by atoms with Gasteiger partial charge in [0, 0.05) is 25.0 Å². The molecule has 2 aliphatic carbocycles. The van der Waals surface area contributed by atoms with E-state index in [2.05, 4.69) is 27.7 Å². The molecule has 5 rings (SSSR count). The van der Waals surface area contributed by atoms with Crippen LogP contribution in [0.4, 0.5) is 4.79 Å². The number of carbonyl (C=O) groups is 3. The number of benzene rings is 3. The molecule has 8 nitrogen and oxygen atoms in total. The number of hydrogen-bond acceptors (Lipinski definition) is 5. The van der Waals surface area contributed by atoms with Crippen LogP contribution in [0.3, 0.4) is 0 Å². The molecule has 3 aromatic rings. The van der Waals surface area contributed by atoms with Crippen LogP contribution in [-0.4, -0.2) is 60.3 Å². The first-order chi connectivity index (χ1) is 19.4. The molecule has 8 heteroatoms. The van der Waals surface area contributed by atoms with Crippen molar-refractivity contribution < 1.29 is 24.2 Å². The molecule has 2 atom stereocenters. The molecule has 0 heterocycles. The van der Waals surface area contributed by atoms with Gasteiger partial charge in [-0.3, -0.25) is 14.5 Å². The number of alkyl carbamates (subject to hydrolysis) is 1. The van der Waals surface area contributed by atoms with E-state index in [1.54, 1.807) is 0 Å². The molecule has 0 aromatic heterocycles. The van der Waals surface area contributed by atoms with Gasteiger partial charge in [-0.25, -0.2) is 4.79 Å². The summed E-state index contributed by atoms with van der Waals surface area (Å²) in [6, 6.07) is 25.0. The van der Waals surface area contributed by atoms with Crippen LogP contribution in [0.2, 0.25) is 0 Å². The summed E-state index contributed by atoms with van der Waals surface area (Å²) in [6.07, 6.45) is 0.833. The molecule has 0 saturated heterocycles. The van der Waals surface area contributed by atoms with Gasteiger partial charge in [0.15, 0.2) is 0 Å². The highest BCUT2D eigenvalue weighted by Crippen LogP contribution is 2.44. The van der Waals surface area contributed by atoms with Gasteiger partial charge in [0.2, 0.25) is 5.91 Å². The molecule has 3 N–H and O–H groups in total. The summed E-state index contributed by atoms with van der Waals surface area (Å²) in [5.41, 5.74) is 5.54. The first kappa shape index (κ1) is 27.4. The van der Waals surface area contributed by atoms with Gasteiger partial charge >= 0.3 is 12.1 Å². The minimum atomic E-state index is -1.24. The minimum Gasteiger partial charge on any atom is -0.481 e. The number of nitrogens with one attached hydrogen (secondary N) is 2. The maximum absolute atomic E-state index is 13.1. The number of rotatable bonds is 12. The van der Waals surface area contributed by atoms with E-state index in [-0.39, 0.29) is 18.6 Å². The van der Waals surface area contributed by atoms with Crippen molar-refractivity contribution in [2.45, 2.75) is 43.8 Å². The molecule has 0 aliphatic heterocycles. The number of likely N-dealkylation sites (N-methyl/N-ethyl adjacent to an activating group) is 1. The fourth-order valence-electron chi connectivity index (χ4n) is 5.65. The van der Waals surface area contributed by atoms with E-state index < -0.39 is 30.4 Å². The number of carboxylic acid groups (broad SMARTS) is 1.